The van der Waals surface area contributed by atoms with E-state index in [1.807, 2.05) is 6.92 Å². The van der Waals surface area contributed by atoms with Crippen LogP contribution in [0.5, 0.6) is 0 Å². The van der Waals surface area contributed by atoms with Gasteiger partial charge >= 0.3 is 5.97 Å². The Morgan fingerprint density at radius 2 is 2.00 bits per heavy atom. The van der Waals surface area contributed by atoms with Gasteiger partial charge in [-0.05, 0) is 6.42 Å². The zero-order chi connectivity index (χ0) is 12.7. The minimum Gasteiger partial charge on any atom is -0.438 e. The Morgan fingerprint density at radius 1 is 1.35 bits per heavy atom. The van der Waals surface area contributed by atoms with E-state index in [0.717, 1.165) is 0 Å². The summed E-state index contributed by atoms with van der Waals surface area (Å²) in [5.41, 5.74) is 0.364. The fraction of sp³-hybridized carbons (Fsp3) is 0.308. The van der Waals surface area contributed by atoms with Gasteiger partial charge in [0.05, 0.1) is 0 Å². The molecule has 4 nitrogen and oxygen atoms in total. The quantitative estimate of drug-likeness (QED) is 0.575. The van der Waals surface area contributed by atoms with Crippen molar-refractivity contribution in [2.45, 2.75) is 25.9 Å². The number of nitrogens with zero attached hydrogens (tertiary/aromatic N) is 1. The van der Waals surface area contributed by atoms with Crippen LogP contribution in [-0.2, 0) is 9.53 Å². The summed E-state index contributed by atoms with van der Waals surface area (Å²) in [5, 5.41) is 8.83. The van der Waals surface area contributed by atoms with Gasteiger partial charge in [0.2, 0.25) is 11.9 Å². The van der Waals surface area contributed by atoms with E-state index in [1.165, 1.54) is 0 Å². The van der Waals surface area contributed by atoms with Crippen LogP contribution in [0.3, 0.4) is 0 Å². The molecule has 1 unspecified atom stereocenters. The van der Waals surface area contributed by atoms with Crippen LogP contribution in [0.25, 0.3) is 0 Å². The van der Waals surface area contributed by atoms with E-state index >= 15 is 0 Å². The molecule has 17 heavy (non-hydrogen) atoms. The highest BCUT2D eigenvalue weighted by Gasteiger charge is 2.23. The van der Waals surface area contributed by atoms with Crippen molar-refractivity contribution in [1.82, 2.24) is 0 Å². The van der Waals surface area contributed by atoms with Gasteiger partial charge in [-0.1, -0.05) is 37.3 Å². The predicted molar refractivity (Wildman–Crippen MR) is 61.2 cm³/mol. The molecule has 0 fully saturated rings. The van der Waals surface area contributed by atoms with E-state index in [1.54, 1.807) is 36.4 Å². The number of nitriles is 1. The molecule has 0 aromatic heterocycles. The molecule has 0 amide bonds. The second-order valence-corrected chi connectivity index (χ2v) is 3.48. The minimum absolute atomic E-state index is 0.209. The molecule has 0 heterocycles. The molecule has 4 heteroatoms. The van der Waals surface area contributed by atoms with Crippen LogP contribution >= 0.6 is 0 Å². The molecule has 0 saturated carbocycles. The topological polar surface area (TPSA) is 67.2 Å². The molecule has 1 aromatic rings. The fourth-order valence-corrected chi connectivity index (χ4v) is 1.29. The Balaban J connectivity index is 2.73. The van der Waals surface area contributed by atoms with Crippen LogP contribution in [0.1, 0.15) is 30.1 Å². The number of hydrogen-bond acceptors (Lipinski definition) is 4. The van der Waals surface area contributed by atoms with Gasteiger partial charge in [-0.2, -0.15) is 5.26 Å². The summed E-state index contributed by atoms with van der Waals surface area (Å²) in [6.07, 6.45) is -0.520. The van der Waals surface area contributed by atoms with Gasteiger partial charge in [0.1, 0.15) is 6.07 Å². The Bertz CT molecular complexity index is 434. The molecule has 1 atom stereocenters. The van der Waals surface area contributed by atoms with Crippen molar-refractivity contribution in [3.05, 3.63) is 35.9 Å². The van der Waals surface area contributed by atoms with Gasteiger partial charge in [-0.25, -0.2) is 0 Å². The van der Waals surface area contributed by atoms with Crippen molar-refractivity contribution in [1.29, 1.82) is 5.26 Å². The summed E-state index contributed by atoms with van der Waals surface area (Å²) in [6.45, 7) is 1.82. The average Bonchev–Trinajstić information content (AvgIpc) is 2.36. The molecular formula is C13H13NO3. The number of Topliss-reactive ketones (excluding diaryl/α,β-unsaturated/α-hetero) is 1. The highest BCUT2D eigenvalue weighted by atomic mass is 16.5. The predicted octanol–water partition coefficient (Wildman–Crippen LogP) is 2.10. The molecular weight excluding hydrogens is 218 g/mol. The van der Waals surface area contributed by atoms with E-state index in [0.29, 0.717) is 12.0 Å². The Hall–Kier alpha value is -2.15. The first-order chi connectivity index (χ1) is 8.19. The monoisotopic (exact) mass is 231 g/mol. The van der Waals surface area contributed by atoms with Gasteiger partial charge in [-0.3, -0.25) is 9.59 Å². The summed E-state index contributed by atoms with van der Waals surface area (Å²) >= 11 is 0. The smallest absolute Gasteiger partial charge is 0.307 e. The average molecular weight is 231 g/mol. The number of carbonyl (C=O) groups excluding carboxylic acids is 2. The Labute approximate surface area is 99.8 Å². The zero-order valence-electron chi connectivity index (χ0n) is 9.55. The molecule has 0 aliphatic heterocycles. The summed E-state index contributed by atoms with van der Waals surface area (Å²) in [4.78, 5) is 23.0. The number of carbonyl (C=O) groups is 2. The summed E-state index contributed by atoms with van der Waals surface area (Å²) in [5.74, 6) is -1.01. The molecule has 88 valence electrons. The third-order valence-corrected chi connectivity index (χ3v) is 2.12. The highest BCUT2D eigenvalue weighted by Crippen LogP contribution is 2.07. The largest absolute Gasteiger partial charge is 0.438 e. The summed E-state index contributed by atoms with van der Waals surface area (Å²) < 4.78 is 4.81. The lowest BCUT2D eigenvalue weighted by atomic mass is 10.1. The maximum atomic E-state index is 11.8. The first-order valence-electron chi connectivity index (χ1n) is 5.37. The Kier molecular flexibility index (Phi) is 4.89. The highest BCUT2D eigenvalue weighted by molar-refractivity contribution is 6.02. The lowest BCUT2D eigenvalue weighted by Crippen LogP contribution is -2.25. The van der Waals surface area contributed by atoms with Crippen molar-refractivity contribution in [3.8, 4) is 6.07 Å². The first-order valence-corrected chi connectivity index (χ1v) is 5.37. The molecule has 0 spiro atoms. The standard InChI is InChI=1S/C13H13NO3/c1-2-6-12(15)17-11(9-14)13(16)10-7-4-3-5-8-10/h3-5,7-8,11H,2,6H2,1H3. The van der Waals surface area contributed by atoms with Crippen LogP contribution < -0.4 is 0 Å². The lowest BCUT2D eigenvalue weighted by molar-refractivity contribution is -0.145. The van der Waals surface area contributed by atoms with Crippen molar-refractivity contribution >= 4 is 11.8 Å². The maximum Gasteiger partial charge on any atom is 0.307 e. The molecule has 0 saturated heterocycles. The first kappa shape index (κ1) is 12.9. The zero-order valence-corrected chi connectivity index (χ0v) is 9.55. The second-order valence-electron chi connectivity index (χ2n) is 3.48. The third-order valence-electron chi connectivity index (χ3n) is 2.12. The minimum atomic E-state index is -1.35. The van der Waals surface area contributed by atoms with Crippen LogP contribution in [0, 0.1) is 11.3 Å². The number of benzene rings is 1. The van der Waals surface area contributed by atoms with E-state index in [4.69, 9.17) is 10.00 Å². The number of esters is 1. The lowest BCUT2D eigenvalue weighted by Gasteiger charge is -2.09. The van der Waals surface area contributed by atoms with E-state index in [2.05, 4.69) is 0 Å². The van der Waals surface area contributed by atoms with E-state index in [-0.39, 0.29) is 6.42 Å². The number of rotatable bonds is 5. The maximum absolute atomic E-state index is 11.8. The fourth-order valence-electron chi connectivity index (χ4n) is 1.29. The number of hydrogen-bond donors (Lipinski definition) is 0. The third kappa shape index (κ3) is 3.72. The van der Waals surface area contributed by atoms with Gasteiger partial charge in [0, 0.05) is 12.0 Å². The van der Waals surface area contributed by atoms with Crippen LogP contribution in [0.4, 0.5) is 0 Å². The molecule has 1 rings (SSSR count). The van der Waals surface area contributed by atoms with Gasteiger partial charge in [0.15, 0.2) is 0 Å². The molecule has 0 radical (unpaired) electrons. The van der Waals surface area contributed by atoms with Crippen LogP contribution in [-0.4, -0.2) is 17.9 Å². The van der Waals surface area contributed by atoms with Crippen molar-refractivity contribution in [2.24, 2.45) is 0 Å². The van der Waals surface area contributed by atoms with Crippen LogP contribution in [0.15, 0.2) is 30.3 Å². The molecule has 1 aromatic carbocycles. The van der Waals surface area contributed by atoms with E-state index < -0.39 is 17.9 Å². The van der Waals surface area contributed by atoms with Crippen molar-refractivity contribution < 1.29 is 14.3 Å². The van der Waals surface area contributed by atoms with E-state index in [9.17, 15) is 9.59 Å². The number of ketones is 1. The van der Waals surface area contributed by atoms with Gasteiger partial charge in [-0.15, -0.1) is 0 Å². The second kappa shape index (κ2) is 6.44. The normalized spacial score (nSPS) is 11.3. The summed E-state index contributed by atoms with van der Waals surface area (Å²) in [6, 6.07) is 10.0. The van der Waals surface area contributed by atoms with Gasteiger partial charge < -0.3 is 4.74 Å². The number of ether oxygens (including phenoxy) is 1. The summed E-state index contributed by atoms with van der Waals surface area (Å²) in [7, 11) is 0. The SMILES string of the molecule is CCCC(=O)OC(C#N)C(=O)c1ccccc1. The van der Waals surface area contributed by atoms with Gasteiger partial charge in [0.25, 0.3) is 0 Å². The van der Waals surface area contributed by atoms with Crippen molar-refractivity contribution in [3.63, 3.8) is 0 Å². The van der Waals surface area contributed by atoms with Crippen LogP contribution in [0.2, 0.25) is 0 Å². The molecule has 0 aliphatic carbocycles. The molecule has 0 N–H and O–H groups in total. The molecule has 0 bridgehead atoms. The Morgan fingerprint density at radius 3 is 2.53 bits per heavy atom. The van der Waals surface area contributed by atoms with Crippen molar-refractivity contribution in [2.75, 3.05) is 0 Å². The molecule has 0 aliphatic rings.